The summed E-state index contributed by atoms with van der Waals surface area (Å²) < 4.78 is 5.95. The van der Waals surface area contributed by atoms with E-state index < -0.39 is 11.5 Å². The Morgan fingerprint density at radius 2 is 1.65 bits per heavy atom. The second kappa shape index (κ2) is 8.95. The summed E-state index contributed by atoms with van der Waals surface area (Å²) in [5, 5.41) is 21.2. The van der Waals surface area contributed by atoms with Crippen molar-refractivity contribution in [2.45, 2.75) is 99.2 Å². The highest BCUT2D eigenvalue weighted by Crippen LogP contribution is 2.75. The van der Waals surface area contributed by atoms with Crippen molar-refractivity contribution in [1.29, 1.82) is 0 Å². The van der Waals surface area contributed by atoms with Crippen molar-refractivity contribution in [2.24, 2.45) is 33.0 Å². The normalized spacial score (nSPS) is 42.3. The first kappa shape index (κ1) is 27.6. The summed E-state index contributed by atoms with van der Waals surface area (Å²) in [5.74, 6) is 0.424. The number of fused-ring (bicyclic) bond motifs is 7. The Morgan fingerprint density at radius 1 is 0.950 bits per heavy atom. The van der Waals surface area contributed by atoms with Crippen LogP contribution in [-0.4, -0.2) is 22.3 Å². The number of allylic oxidation sites excluding steroid dienone is 6. The van der Waals surface area contributed by atoms with Crippen LogP contribution in [0.2, 0.25) is 0 Å². The standard InChI is InChI=1S/C36H46O4/c1-23-25-12-13-28-34(4,26(25)20-27(37)30(23)38)17-19-36(6)29-21-33(3,15-14-32(29,2)16-18-35(28,36)5)31(39)40-22-24-10-8-7-9-11-24/h7-13,20,27,29,37-38H,14-19,21-22H2,1-6H3/t27?,29-,32-,33-,34+,35-,36+/m1/s1. The fourth-order valence-corrected chi connectivity index (χ4v) is 9.66. The van der Waals surface area contributed by atoms with Gasteiger partial charge >= 0.3 is 5.97 Å². The smallest absolute Gasteiger partial charge is 0.312 e. The van der Waals surface area contributed by atoms with E-state index in [4.69, 9.17) is 4.74 Å². The molecule has 40 heavy (non-hydrogen) atoms. The molecule has 6 rings (SSSR count). The van der Waals surface area contributed by atoms with Crippen molar-refractivity contribution in [3.05, 3.63) is 82.2 Å². The van der Waals surface area contributed by atoms with E-state index in [0.29, 0.717) is 12.5 Å². The zero-order chi connectivity index (χ0) is 28.7. The van der Waals surface area contributed by atoms with Gasteiger partial charge in [-0.15, -0.1) is 0 Å². The van der Waals surface area contributed by atoms with Crippen molar-refractivity contribution in [1.82, 2.24) is 0 Å². The van der Waals surface area contributed by atoms with Crippen LogP contribution in [0.4, 0.5) is 0 Å². The molecule has 0 aromatic heterocycles. The van der Waals surface area contributed by atoms with Crippen molar-refractivity contribution >= 4 is 5.97 Å². The predicted octanol–water partition coefficient (Wildman–Crippen LogP) is 8.15. The molecule has 0 spiro atoms. The fraction of sp³-hybridized carbons (Fsp3) is 0.583. The second-order valence-electron chi connectivity index (χ2n) is 14.8. The van der Waals surface area contributed by atoms with Crippen LogP contribution in [0.25, 0.3) is 0 Å². The molecule has 5 aliphatic rings. The van der Waals surface area contributed by atoms with Crippen LogP contribution in [0.1, 0.15) is 92.1 Å². The van der Waals surface area contributed by atoms with Crippen LogP contribution >= 0.6 is 0 Å². The van der Waals surface area contributed by atoms with E-state index in [1.807, 2.05) is 43.3 Å². The number of benzene rings is 1. The molecular weight excluding hydrogens is 496 g/mol. The number of hydrogen-bond acceptors (Lipinski definition) is 4. The first-order valence-electron chi connectivity index (χ1n) is 15.2. The molecule has 0 radical (unpaired) electrons. The minimum atomic E-state index is -0.944. The van der Waals surface area contributed by atoms with E-state index in [1.165, 1.54) is 11.1 Å². The molecule has 0 bridgehead atoms. The van der Waals surface area contributed by atoms with E-state index in [9.17, 15) is 15.0 Å². The Balaban J connectivity index is 1.34. The van der Waals surface area contributed by atoms with Gasteiger partial charge in [-0.3, -0.25) is 4.79 Å². The summed E-state index contributed by atoms with van der Waals surface area (Å²) in [7, 11) is 0. The third-order valence-electron chi connectivity index (χ3n) is 12.7. The molecule has 0 saturated heterocycles. The van der Waals surface area contributed by atoms with Gasteiger partial charge in [0.2, 0.25) is 0 Å². The highest BCUT2D eigenvalue weighted by molar-refractivity contribution is 5.76. The van der Waals surface area contributed by atoms with Crippen molar-refractivity contribution in [3.63, 3.8) is 0 Å². The Bertz CT molecular complexity index is 1370. The fourth-order valence-electron chi connectivity index (χ4n) is 9.66. The van der Waals surface area contributed by atoms with Crippen molar-refractivity contribution in [3.8, 4) is 0 Å². The average molecular weight is 543 g/mol. The molecule has 2 N–H and O–H groups in total. The molecule has 1 unspecified atom stereocenters. The molecule has 3 fully saturated rings. The molecule has 0 aliphatic heterocycles. The molecule has 1 aromatic rings. The number of aliphatic hydroxyl groups is 2. The summed E-state index contributed by atoms with van der Waals surface area (Å²) in [4.78, 5) is 13.6. The molecule has 0 amide bonds. The van der Waals surface area contributed by atoms with Gasteiger partial charge in [0, 0.05) is 5.41 Å². The molecule has 4 heteroatoms. The van der Waals surface area contributed by atoms with Crippen molar-refractivity contribution in [2.75, 3.05) is 0 Å². The second-order valence-corrected chi connectivity index (χ2v) is 14.8. The topological polar surface area (TPSA) is 66.8 Å². The van der Waals surface area contributed by atoms with Gasteiger partial charge in [0.05, 0.1) is 5.41 Å². The van der Waals surface area contributed by atoms with Crippen LogP contribution in [0, 0.1) is 33.0 Å². The van der Waals surface area contributed by atoms with Gasteiger partial charge in [-0.2, -0.15) is 0 Å². The molecule has 1 aromatic carbocycles. The lowest BCUT2D eigenvalue weighted by molar-refractivity contribution is -0.183. The first-order valence-corrected chi connectivity index (χ1v) is 15.2. The summed E-state index contributed by atoms with van der Waals surface area (Å²) in [6, 6.07) is 9.98. The van der Waals surface area contributed by atoms with Crippen LogP contribution < -0.4 is 0 Å². The number of esters is 1. The van der Waals surface area contributed by atoms with Gasteiger partial charge in [0.1, 0.15) is 18.5 Å². The van der Waals surface area contributed by atoms with Crippen LogP contribution in [0.3, 0.4) is 0 Å². The lowest BCUT2D eigenvalue weighted by atomic mass is 9.34. The number of carbonyl (C=O) groups excluding carboxylic acids is 1. The Labute approximate surface area is 239 Å². The largest absolute Gasteiger partial charge is 0.509 e. The molecular formula is C36H46O4. The third kappa shape index (κ3) is 3.70. The number of rotatable bonds is 3. The van der Waals surface area contributed by atoms with Gasteiger partial charge in [0.25, 0.3) is 0 Å². The van der Waals surface area contributed by atoms with Crippen LogP contribution in [0.5, 0.6) is 0 Å². The van der Waals surface area contributed by atoms with Gasteiger partial charge in [-0.25, -0.2) is 0 Å². The summed E-state index contributed by atoms with van der Waals surface area (Å²) in [6.45, 7) is 14.2. The lowest BCUT2D eigenvalue weighted by Crippen LogP contribution is -2.62. The molecule has 7 atom stereocenters. The minimum absolute atomic E-state index is 0.0265. The summed E-state index contributed by atoms with van der Waals surface area (Å²) in [6.07, 6.45) is 12.6. The van der Waals surface area contributed by atoms with E-state index >= 15 is 0 Å². The maximum absolute atomic E-state index is 13.6. The predicted molar refractivity (Wildman–Crippen MR) is 158 cm³/mol. The zero-order valence-electron chi connectivity index (χ0n) is 25.1. The highest BCUT2D eigenvalue weighted by atomic mass is 16.5. The SMILES string of the molecule is CC1=C(O)C(O)C=C2C1=CC=C1[C@@]2(C)CC[C@@]2(C)[C@@H]3C[C@](C)(C(=O)OCc4ccccc4)CC[C@]3(C)CC[C@]12C. The Hall–Kier alpha value is -2.59. The van der Waals surface area contributed by atoms with Crippen LogP contribution in [0.15, 0.2) is 76.6 Å². The van der Waals surface area contributed by atoms with E-state index in [1.54, 1.807) is 0 Å². The molecule has 5 aliphatic carbocycles. The van der Waals surface area contributed by atoms with E-state index in [2.05, 4.69) is 46.8 Å². The van der Waals surface area contributed by atoms with Gasteiger partial charge in [-0.05, 0) is 109 Å². The van der Waals surface area contributed by atoms with Crippen LogP contribution in [-0.2, 0) is 16.1 Å². The number of carbonyl (C=O) groups is 1. The summed E-state index contributed by atoms with van der Waals surface area (Å²) in [5.41, 5.74) is 5.07. The summed E-state index contributed by atoms with van der Waals surface area (Å²) >= 11 is 0. The van der Waals surface area contributed by atoms with Gasteiger partial charge in [-0.1, -0.05) is 75.8 Å². The van der Waals surface area contributed by atoms with E-state index in [-0.39, 0.29) is 33.4 Å². The highest BCUT2D eigenvalue weighted by Gasteiger charge is 2.67. The molecule has 214 valence electrons. The van der Waals surface area contributed by atoms with Gasteiger partial charge < -0.3 is 14.9 Å². The minimum Gasteiger partial charge on any atom is -0.509 e. The van der Waals surface area contributed by atoms with Crippen molar-refractivity contribution < 1.29 is 19.7 Å². The third-order valence-corrected chi connectivity index (χ3v) is 12.7. The molecule has 0 heterocycles. The Morgan fingerprint density at radius 3 is 2.38 bits per heavy atom. The maximum atomic E-state index is 13.6. The Kier molecular flexibility index (Phi) is 6.17. The molecule has 3 saturated carbocycles. The maximum Gasteiger partial charge on any atom is 0.312 e. The van der Waals surface area contributed by atoms with Gasteiger partial charge in [0.15, 0.2) is 0 Å². The quantitative estimate of drug-likeness (QED) is 0.378. The first-order chi connectivity index (χ1) is 18.8. The number of aliphatic hydroxyl groups excluding tert-OH is 2. The zero-order valence-corrected chi connectivity index (χ0v) is 25.1. The lowest BCUT2D eigenvalue weighted by Gasteiger charge is -2.70. The molecule has 4 nitrogen and oxygen atoms in total. The van der Waals surface area contributed by atoms with E-state index in [0.717, 1.165) is 61.7 Å². The number of hydrogen-bond donors (Lipinski definition) is 2. The number of ether oxygens (including phenoxy) is 1. The average Bonchev–Trinajstić information content (AvgIpc) is 2.94. The monoisotopic (exact) mass is 542 g/mol.